The first kappa shape index (κ1) is 14.1. The van der Waals surface area contributed by atoms with E-state index in [0.29, 0.717) is 0 Å². The highest BCUT2D eigenvalue weighted by atomic mass is 35.5. The topological polar surface area (TPSA) is 69.4 Å². The highest BCUT2D eigenvalue weighted by Crippen LogP contribution is 2.43. The van der Waals surface area contributed by atoms with Gasteiger partial charge in [-0.05, 0) is 37.1 Å². The third-order valence-corrected chi connectivity index (χ3v) is 4.33. The summed E-state index contributed by atoms with van der Waals surface area (Å²) < 4.78 is 13.9. The van der Waals surface area contributed by atoms with Gasteiger partial charge in [-0.15, -0.1) is 0 Å². The highest BCUT2D eigenvalue weighted by molar-refractivity contribution is 6.28. The van der Waals surface area contributed by atoms with E-state index in [-0.39, 0.29) is 30.1 Å². The fourth-order valence-corrected chi connectivity index (χ4v) is 3.40. The Kier molecular flexibility index (Phi) is 3.06. The van der Waals surface area contributed by atoms with E-state index in [1.165, 1.54) is 0 Å². The first-order chi connectivity index (χ1) is 10.5. The molecule has 4 rings (SSSR count). The Labute approximate surface area is 132 Å². The first-order valence-electron chi connectivity index (χ1n) is 7.15. The smallest absolute Gasteiger partial charge is 0.224 e. The van der Waals surface area contributed by atoms with Crippen molar-refractivity contribution in [1.82, 2.24) is 14.5 Å². The van der Waals surface area contributed by atoms with E-state index in [0.717, 1.165) is 16.6 Å². The van der Waals surface area contributed by atoms with E-state index >= 15 is 0 Å². The minimum absolute atomic E-state index is 0.0496. The quantitative estimate of drug-likeness (QED) is 0.677. The fraction of sp³-hybridized carbons (Fsp3) is 0.467. The molecule has 0 aromatic carbocycles. The van der Waals surface area contributed by atoms with Gasteiger partial charge in [-0.2, -0.15) is 4.98 Å². The van der Waals surface area contributed by atoms with Gasteiger partial charge in [-0.3, -0.25) is 0 Å². The molecule has 0 radical (unpaired) electrons. The van der Waals surface area contributed by atoms with Crippen LogP contribution in [0.5, 0.6) is 0 Å². The Bertz CT molecular complexity index is 770. The molecule has 3 heterocycles. The molecule has 0 bridgehead atoms. The number of ether oxygens (including phenoxy) is 2. The minimum Gasteiger partial charge on any atom is -0.392 e. The van der Waals surface area contributed by atoms with Crippen molar-refractivity contribution in [2.75, 3.05) is 6.61 Å². The third-order valence-electron chi connectivity index (χ3n) is 4.15. The molecule has 22 heavy (non-hydrogen) atoms. The first-order valence-corrected chi connectivity index (χ1v) is 7.52. The second kappa shape index (κ2) is 4.76. The van der Waals surface area contributed by atoms with Gasteiger partial charge in [0.05, 0.1) is 12.6 Å². The van der Waals surface area contributed by atoms with Crippen LogP contribution in [0.3, 0.4) is 0 Å². The highest BCUT2D eigenvalue weighted by Gasteiger charge is 2.50. The van der Waals surface area contributed by atoms with Crippen LogP contribution < -0.4 is 0 Å². The number of halogens is 1. The van der Waals surface area contributed by atoms with E-state index in [2.05, 4.69) is 9.97 Å². The van der Waals surface area contributed by atoms with Crippen molar-refractivity contribution in [2.45, 2.75) is 37.9 Å². The Hall–Kier alpha value is -1.47. The van der Waals surface area contributed by atoms with Crippen molar-refractivity contribution in [1.29, 1.82) is 0 Å². The van der Waals surface area contributed by atoms with Crippen molar-refractivity contribution >= 4 is 22.6 Å². The molecule has 1 N–H and O–H groups in total. The normalized spacial score (nSPS) is 29.8. The van der Waals surface area contributed by atoms with Gasteiger partial charge in [-0.25, -0.2) is 4.98 Å². The number of nitrogens with zero attached hydrogens (tertiary/aromatic N) is 3. The molecule has 1 aliphatic carbocycles. The van der Waals surface area contributed by atoms with Crippen LogP contribution in [-0.2, 0) is 9.47 Å². The SMILES string of the molecule is CC1(C)O[C@@H]2[C@H](O1)C(CO)=C[C@H]2n1ccc2cnc(Cl)nc21. The van der Waals surface area contributed by atoms with Gasteiger partial charge in [0, 0.05) is 17.8 Å². The van der Waals surface area contributed by atoms with Crippen molar-refractivity contribution in [3.63, 3.8) is 0 Å². The Morgan fingerprint density at radius 1 is 1.41 bits per heavy atom. The summed E-state index contributed by atoms with van der Waals surface area (Å²) >= 11 is 5.92. The largest absolute Gasteiger partial charge is 0.392 e. The Balaban J connectivity index is 1.81. The molecular formula is C15H16ClN3O3. The minimum atomic E-state index is -0.669. The maximum absolute atomic E-state index is 9.60. The van der Waals surface area contributed by atoms with Crippen LogP contribution in [0.25, 0.3) is 11.0 Å². The molecule has 0 spiro atoms. The molecule has 7 heteroatoms. The number of rotatable bonds is 2. The second-order valence-electron chi connectivity index (χ2n) is 6.05. The lowest BCUT2D eigenvalue weighted by atomic mass is 10.1. The average molecular weight is 322 g/mol. The maximum Gasteiger partial charge on any atom is 0.224 e. The molecule has 2 aliphatic rings. The summed E-state index contributed by atoms with van der Waals surface area (Å²) in [6.07, 6.45) is 5.18. The Morgan fingerprint density at radius 3 is 3.00 bits per heavy atom. The molecule has 0 saturated carbocycles. The zero-order chi connectivity index (χ0) is 15.5. The molecule has 1 fully saturated rings. The van der Waals surface area contributed by atoms with Gasteiger partial charge in [0.1, 0.15) is 17.9 Å². The summed E-state index contributed by atoms with van der Waals surface area (Å²) in [5, 5.41) is 10.7. The fourth-order valence-electron chi connectivity index (χ4n) is 3.27. The van der Waals surface area contributed by atoms with Gasteiger partial charge in [0.2, 0.25) is 5.28 Å². The third kappa shape index (κ3) is 2.06. The van der Waals surface area contributed by atoms with E-state index in [1.54, 1.807) is 6.20 Å². The molecule has 2 aromatic rings. The molecule has 0 unspecified atom stereocenters. The van der Waals surface area contributed by atoms with Crippen molar-refractivity contribution in [2.24, 2.45) is 0 Å². The molecule has 6 nitrogen and oxygen atoms in total. The lowest BCUT2D eigenvalue weighted by Crippen LogP contribution is -2.28. The number of aromatic nitrogens is 3. The van der Waals surface area contributed by atoms with E-state index < -0.39 is 5.79 Å². The summed E-state index contributed by atoms with van der Waals surface area (Å²) in [4.78, 5) is 8.31. The summed E-state index contributed by atoms with van der Waals surface area (Å²) in [5.41, 5.74) is 1.58. The van der Waals surface area contributed by atoms with Gasteiger partial charge < -0.3 is 19.1 Å². The van der Waals surface area contributed by atoms with Crippen LogP contribution in [0.15, 0.2) is 30.1 Å². The van der Waals surface area contributed by atoms with Crippen LogP contribution >= 0.6 is 11.6 Å². The van der Waals surface area contributed by atoms with Gasteiger partial charge >= 0.3 is 0 Å². The van der Waals surface area contributed by atoms with Gasteiger partial charge in [0.25, 0.3) is 0 Å². The molecule has 2 aromatic heterocycles. The summed E-state index contributed by atoms with van der Waals surface area (Å²) in [6, 6.07) is 1.84. The summed E-state index contributed by atoms with van der Waals surface area (Å²) in [5.74, 6) is -0.669. The summed E-state index contributed by atoms with van der Waals surface area (Å²) in [7, 11) is 0. The van der Waals surface area contributed by atoms with Crippen molar-refractivity contribution in [3.05, 3.63) is 35.4 Å². The van der Waals surface area contributed by atoms with Gasteiger partial charge in [-0.1, -0.05) is 6.08 Å². The number of aliphatic hydroxyl groups is 1. The average Bonchev–Trinajstić information content (AvgIpc) is 3.09. The van der Waals surface area contributed by atoms with Crippen LogP contribution in [0.4, 0.5) is 0 Å². The maximum atomic E-state index is 9.60. The monoisotopic (exact) mass is 321 g/mol. The molecule has 3 atom stereocenters. The molecule has 1 aliphatic heterocycles. The lowest BCUT2D eigenvalue weighted by Gasteiger charge is -2.22. The van der Waals surface area contributed by atoms with Crippen molar-refractivity contribution in [3.8, 4) is 0 Å². The zero-order valence-electron chi connectivity index (χ0n) is 12.2. The molecule has 116 valence electrons. The molecular weight excluding hydrogens is 306 g/mol. The number of fused-ring (bicyclic) bond motifs is 2. The predicted octanol–water partition coefficient (Wildman–Crippen LogP) is 2.08. The van der Waals surface area contributed by atoms with Crippen LogP contribution in [-0.4, -0.2) is 44.2 Å². The predicted molar refractivity (Wildman–Crippen MR) is 80.6 cm³/mol. The van der Waals surface area contributed by atoms with E-state index in [1.807, 2.05) is 36.8 Å². The van der Waals surface area contributed by atoms with Gasteiger partial charge in [0.15, 0.2) is 5.79 Å². The number of hydrogen-bond acceptors (Lipinski definition) is 5. The second-order valence-corrected chi connectivity index (χ2v) is 6.39. The Morgan fingerprint density at radius 2 is 2.23 bits per heavy atom. The number of hydrogen-bond donors (Lipinski definition) is 1. The van der Waals surface area contributed by atoms with Crippen LogP contribution in [0.2, 0.25) is 5.28 Å². The molecule has 1 saturated heterocycles. The standard InChI is InChI=1S/C15H16ClN3O3/c1-15(2)21-11-9(7-20)5-10(12(11)22-15)19-4-3-8-6-17-14(16)18-13(8)19/h3-6,10-12,20H,7H2,1-2H3/t10-,11-,12+/m1/s1. The summed E-state index contributed by atoms with van der Waals surface area (Å²) in [6.45, 7) is 3.71. The van der Waals surface area contributed by atoms with Crippen LogP contribution in [0, 0.1) is 0 Å². The van der Waals surface area contributed by atoms with E-state index in [9.17, 15) is 5.11 Å². The lowest BCUT2D eigenvalue weighted by molar-refractivity contribution is -0.148. The van der Waals surface area contributed by atoms with Crippen LogP contribution in [0.1, 0.15) is 19.9 Å². The zero-order valence-corrected chi connectivity index (χ0v) is 13.0. The van der Waals surface area contributed by atoms with Crippen molar-refractivity contribution < 1.29 is 14.6 Å². The molecule has 0 amide bonds. The number of aliphatic hydroxyl groups excluding tert-OH is 1. The van der Waals surface area contributed by atoms with E-state index in [4.69, 9.17) is 21.1 Å².